The molecule has 0 fully saturated rings. The molecule has 0 saturated heterocycles. The van der Waals surface area contributed by atoms with Gasteiger partial charge in [-0.2, -0.15) is 0 Å². The molecule has 0 saturated carbocycles. The second-order valence-electron chi connectivity index (χ2n) is 6.47. The first-order valence-electron chi connectivity index (χ1n) is 9.12. The molecule has 3 heterocycles. The monoisotopic (exact) mass is 411 g/mol. The molecular weight excluding hydrogens is 394 g/mol. The van der Waals surface area contributed by atoms with Gasteiger partial charge in [-0.1, -0.05) is 11.6 Å². The molecule has 3 aromatic heterocycles. The van der Waals surface area contributed by atoms with Gasteiger partial charge in [0.05, 0.1) is 12.8 Å². The number of fused-ring (bicyclic) bond motifs is 1. The van der Waals surface area contributed by atoms with Gasteiger partial charge in [-0.25, -0.2) is 0 Å². The van der Waals surface area contributed by atoms with E-state index in [1.54, 1.807) is 59.5 Å². The Hall–Kier alpha value is -3.39. The number of nitrogens with one attached hydrogen (secondary N) is 1. The van der Waals surface area contributed by atoms with Crippen molar-refractivity contribution >= 4 is 23.2 Å². The Morgan fingerprint density at radius 2 is 1.97 bits per heavy atom. The van der Waals surface area contributed by atoms with Gasteiger partial charge in [-0.3, -0.25) is 18.6 Å². The standard InChI is InChI=1S/C20H18ClN5O3/c21-14-6-8-15(9-7-14)25-10-11-26-17(23-24-19(26)20(25)28)4-1-5-18(27)22-13-16-3-2-12-29-16/h2-3,6-12H,1,4-5,13H2,(H,22,27). The highest BCUT2D eigenvalue weighted by molar-refractivity contribution is 6.30. The second kappa shape index (κ2) is 8.32. The topological polar surface area (TPSA) is 94.4 Å². The zero-order valence-corrected chi connectivity index (χ0v) is 16.2. The van der Waals surface area contributed by atoms with E-state index in [1.165, 1.54) is 4.57 Å². The Labute approximate surface area is 170 Å². The largest absolute Gasteiger partial charge is 0.467 e. The summed E-state index contributed by atoms with van der Waals surface area (Å²) in [5.41, 5.74) is 0.657. The molecule has 29 heavy (non-hydrogen) atoms. The number of rotatable bonds is 7. The normalized spacial score (nSPS) is 11.1. The third-order valence-electron chi connectivity index (χ3n) is 4.49. The van der Waals surface area contributed by atoms with Gasteiger partial charge in [0.25, 0.3) is 0 Å². The van der Waals surface area contributed by atoms with Crippen LogP contribution in [0.2, 0.25) is 5.02 Å². The highest BCUT2D eigenvalue weighted by Crippen LogP contribution is 2.13. The van der Waals surface area contributed by atoms with Crippen molar-refractivity contribution in [3.05, 3.63) is 82.0 Å². The van der Waals surface area contributed by atoms with Crippen molar-refractivity contribution in [2.45, 2.75) is 25.8 Å². The van der Waals surface area contributed by atoms with Gasteiger partial charge in [0.1, 0.15) is 11.6 Å². The number of carbonyl (C=O) groups is 1. The van der Waals surface area contributed by atoms with Crippen LogP contribution < -0.4 is 10.9 Å². The molecule has 0 bridgehead atoms. The first kappa shape index (κ1) is 18.9. The molecule has 0 aliphatic rings. The Balaban J connectivity index is 1.41. The summed E-state index contributed by atoms with van der Waals surface area (Å²) in [5.74, 6) is 1.28. The zero-order chi connectivity index (χ0) is 20.2. The highest BCUT2D eigenvalue weighted by Gasteiger charge is 2.12. The van der Waals surface area contributed by atoms with Crippen LogP contribution in [0, 0.1) is 0 Å². The van der Waals surface area contributed by atoms with Gasteiger partial charge < -0.3 is 9.73 Å². The van der Waals surface area contributed by atoms with Gasteiger partial charge in [-0.05, 0) is 42.8 Å². The minimum atomic E-state index is -0.273. The van der Waals surface area contributed by atoms with Crippen molar-refractivity contribution in [1.29, 1.82) is 0 Å². The van der Waals surface area contributed by atoms with Gasteiger partial charge in [-0.15, -0.1) is 10.2 Å². The molecule has 148 valence electrons. The van der Waals surface area contributed by atoms with Crippen LogP contribution in [0.25, 0.3) is 11.3 Å². The lowest BCUT2D eigenvalue weighted by atomic mass is 10.2. The minimum Gasteiger partial charge on any atom is -0.467 e. The average molecular weight is 412 g/mol. The molecule has 1 aromatic carbocycles. The van der Waals surface area contributed by atoms with Gasteiger partial charge in [0, 0.05) is 35.9 Å². The molecule has 0 radical (unpaired) electrons. The summed E-state index contributed by atoms with van der Waals surface area (Å²) in [4.78, 5) is 24.7. The predicted octanol–water partition coefficient (Wildman–Crippen LogP) is 2.77. The van der Waals surface area contributed by atoms with Crippen molar-refractivity contribution in [3.63, 3.8) is 0 Å². The molecule has 1 N–H and O–H groups in total. The molecule has 0 atom stereocenters. The average Bonchev–Trinajstić information content (AvgIpc) is 3.38. The van der Waals surface area contributed by atoms with Crippen LogP contribution in [-0.4, -0.2) is 25.1 Å². The van der Waals surface area contributed by atoms with Crippen molar-refractivity contribution in [3.8, 4) is 5.69 Å². The number of amides is 1. The summed E-state index contributed by atoms with van der Waals surface area (Å²) in [7, 11) is 0. The number of hydrogen-bond donors (Lipinski definition) is 1. The Morgan fingerprint density at radius 3 is 2.72 bits per heavy atom. The van der Waals surface area contributed by atoms with Gasteiger partial charge >= 0.3 is 5.56 Å². The van der Waals surface area contributed by atoms with Crippen molar-refractivity contribution in [2.75, 3.05) is 0 Å². The minimum absolute atomic E-state index is 0.0692. The van der Waals surface area contributed by atoms with Crippen LogP contribution in [0.4, 0.5) is 0 Å². The SMILES string of the molecule is O=C(CCCc1nnc2c(=O)n(-c3ccc(Cl)cc3)ccn12)NCc1ccco1. The van der Waals surface area contributed by atoms with Crippen LogP contribution in [0.3, 0.4) is 0 Å². The fourth-order valence-corrected chi connectivity index (χ4v) is 3.13. The maximum atomic E-state index is 12.7. The number of aromatic nitrogens is 4. The molecule has 0 aliphatic carbocycles. The van der Waals surface area contributed by atoms with E-state index in [2.05, 4.69) is 15.5 Å². The smallest absolute Gasteiger partial charge is 0.300 e. The summed E-state index contributed by atoms with van der Waals surface area (Å²) in [6, 6.07) is 10.6. The Kier molecular flexibility index (Phi) is 5.44. The molecule has 0 spiro atoms. The maximum absolute atomic E-state index is 12.7. The number of nitrogens with zero attached hydrogens (tertiary/aromatic N) is 4. The Bertz CT molecular complexity index is 1180. The molecule has 9 heteroatoms. The van der Waals surface area contributed by atoms with Crippen LogP contribution >= 0.6 is 11.6 Å². The van der Waals surface area contributed by atoms with Crippen molar-refractivity contribution in [2.24, 2.45) is 0 Å². The van der Waals surface area contributed by atoms with Crippen molar-refractivity contribution < 1.29 is 9.21 Å². The van der Waals surface area contributed by atoms with Crippen LogP contribution in [0.5, 0.6) is 0 Å². The summed E-state index contributed by atoms with van der Waals surface area (Å²) in [6.07, 6.45) is 6.44. The lowest BCUT2D eigenvalue weighted by Crippen LogP contribution is -2.22. The highest BCUT2D eigenvalue weighted by atomic mass is 35.5. The molecular formula is C20H18ClN5O3. The molecule has 1 amide bonds. The third kappa shape index (κ3) is 4.22. The van der Waals surface area contributed by atoms with E-state index in [4.69, 9.17) is 16.0 Å². The van der Waals surface area contributed by atoms with Crippen LogP contribution in [0.15, 0.2) is 64.3 Å². The van der Waals surface area contributed by atoms with E-state index in [-0.39, 0.29) is 17.1 Å². The van der Waals surface area contributed by atoms with Gasteiger partial charge in [0.2, 0.25) is 11.6 Å². The van der Waals surface area contributed by atoms with Gasteiger partial charge in [0.15, 0.2) is 0 Å². The molecule has 4 rings (SSSR count). The van der Waals surface area contributed by atoms with E-state index >= 15 is 0 Å². The van der Waals surface area contributed by atoms with Crippen LogP contribution in [-0.2, 0) is 17.8 Å². The first-order valence-corrected chi connectivity index (χ1v) is 9.50. The van der Waals surface area contributed by atoms with E-state index in [0.29, 0.717) is 48.1 Å². The number of benzene rings is 1. The van der Waals surface area contributed by atoms with Crippen LogP contribution in [0.1, 0.15) is 24.4 Å². The van der Waals surface area contributed by atoms with E-state index in [0.717, 1.165) is 0 Å². The number of aryl methyl sites for hydroxylation is 1. The Morgan fingerprint density at radius 1 is 1.14 bits per heavy atom. The molecule has 0 unspecified atom stereocenters. The lowest BCUT2D eigenvalue weighted by molar-refractivity contribution is -0.121. The van der Waals surface area contributed by atoms with Crippen molar-refractivity contribution in [1.82, 2.24) is 24.5 Å². The molecule has 4 aromatic rings. The predicted molar refractivity (Wildman–Crippen MR) is 107 cm³/mol. The van der Waals surface area contributed by atoms with E-state index < -0.39 is 0 Å². The number of carbonyl (C=O) groups excluding carboxylic acids is 1. The number of halogens is 1. The fraction of sp³-hybridized carbons (Fsp3) is 0.200. The summed E-state index contributed by atoms with van der Waals surface area (Å²) in [5, 5.41) is 11.6. The summed E-state index contributed by atoms with van der Waals surface area (Å²) in [6.45, 7) is 0.365. The summed E-state index contributed by atoms with van der Waals surface area (Å²) >= 11 is 5.91. The maximum Gasteiger partial charge on any atom is 0.300 e. The number of hydrogen-bond acceptors (Lipinski definition) is 5. The van der Waals surface area contributed by atoms with E-state index in [9.17, 15) is 9.59 Å². The molecule has 0 aliphatic heterocycles. The molecule has 8 nitrogen and oxygen atoms in total. The summed E-state index contributed by atoms with van der Waals surface area (Å²) < 4.78 is 8.33. The van der Waals surface area contributed by atoms with E-state index in [1.807, 2.05) is 0 Å². The zero-order valence-electron chi connectivity index (χ0n) is 15.4. The lowest BCUT2D eigenvalue weighted by Gasteiger charge is -2.06. The fourth-order valence-electron chi connectivity index (χ4n) is 3.00. The second-order valence-corrected chi connectivity index (χ2v) is 6.91. The quantitative estimate of drug-likeness (QED) is 0.504. The third-order valence-corrected chi connectivity index (χ3v) is 4.74. The number of furan rings is 1. The first-order chi connectivity index (χ1) is 14.1.